The number of rotatable bonds is 3. The van der Waals surface area contributed by atoms with Crippen LogP contribution in [0.3, 0.4) is 0 Å². The lowest BCUT2D eigenvalue weighted by Crippen LogP contribution is -2.13. The first-order chi connectivity index (χ1) is 7.83. The largest absolute Gasteiger partial charge is 0.477 e. The Balaban J connectivity index is 3.08. The molecule has 0 heterocycles. The van der Waals surface area contributed by atoms with Crippen molar-refractivity contribution in [2.45, 2.75) is 26.2 Å². The summed E-state index contributed by atoms with van der Waals surface area (Å²) in [4.78, 5) is 10.6. The van der Waals surface area contributed by atoms with Crippen molar-refractivity contribution in [1.29, 1.82) is 0 Å². The van der Waals surface area contributed by atoms with Crippen LogP contribution in [0.25, 0.3) is 0 Å². The van der Waals surface area contributed by atoms with Crippen LogP contribution in [-0.2, 0) is 10.2 Å². The van der Waals surface area contributed by atoms with Crippen molar-refractivity contribution in [2.75, 3.05) is 0 Å². The van der Waals surface area contributed by atoms with Gasteiger partial charge in [-0.1, -0.05) is 26.0 Å². The van der Waals surface area contributed by atoms with Gasteiger partial charge in [0.25, 0.3) is 0 Å². The van der Waals surface area contributed by atoms with Crippen LogP contribution in [0.15, 0.2) is 41.6 Å². The molecule has 0 amide bonds. The highest BCUT2D eigenvalue weighted by molar-refractivity contribution is 5.85. The zero-order chi connectivity index (χ0) is 13.1. The van der Waals surface area contributed by atoms with E-state index in [9.17, 15) is 9.18 Å². The van der Waals surface area contributed by atoms with Crippen LogP contribution in [0.4, 0.5) is 4.39 Å². The molecule has 0 saturated heterocycles. The second kappa shape index (κ2) is 4.98. The maximum Gasteiger partial charge on any atom is 0.339 e. The molecule has 0 bridgehead atoms. The summed E-state index contributed by atoms with van der Waals surface area (Å²) in [6.45, 7) is 5.32. The maximum atomic E-state index is 12.8. The molecule has 0 spiro atoms. The second-order valence-electron chi connectivity index (χ2n) is 4.45. The number of carbonyl (C=O) groups is 1. The van der Waals surface area contributed by atoms with Gasteiger partial charge in [0.1, 0.15) is 5.82 Å². The van der Waals surface area contributed by atoms with E-state index in [1.54, 1.807) is 18.2 Å². The van der Waals surface area contributed by atoms with Crippen LogP contribution in [0.2, 0.25) is 0 Å². The predicted octanol–water partition coefficient (Wildman–Crippen LogP) is 3.29. The molecule has 3 heteroatoms. The molecule has 2 nitrogen and oxygen atoms in total. The summed E-state index contributed by atoms with van der Waals surface area (Å²) in [5.41, 5.74) is 3.41. The van der Waals surface area contributed by atoms with Crippen molar-refractivity contribution in [1.82, 2.24) is 0 Å². The van der Waals surface area contributed by atoms with Crippen LogP contribution in [0, 0.1) is 5.82 Å². The van der Waals surface area contributed by atoms with Gasteiger partial charge in [-0.2, -0.15) is 0 Å². The van der Waals surface area contributed by atoms with Crippen molar-refractivity contribution in [3.8, 4) is 0 Å². The quantitative estimate of drug-likeness (QED) is 0.643. The average Bonchev–Trinajstić information content (AvgIpc) is 2.26. The van der Waals surface area contributed by atoms with Crippen molar-refractivity contribution < 1.29 is 14.3 Å². The minimum absolute atomic E-state index is 0.153. The SMILES string of the molecule is CC(=C=CC(C)(C)c1ccc(F)cc1)C(=O)O. The van der Waals surface area contributed by atoms with E-state index in [1.165, 1.54) is 19.1 Å². The number of aliphatic carboxylic acids is 1. The summed E-state index contributed by atoms with van der Waals surface area (Å²) in [6, 6.07) is 6.14. The highest BCUT2D eigenvalue weighted by atomic mass is 19.1. The van der Waals surface area contributed by atoms with Crippen LogP contribution >= 0.6 is 0 Å². The lowest BCUT2D eigenvalue weighted by atomic mass is 9.84. The monoisotopic (exact) mass is 234 g/mol. The van der Waals surface area contributed by atoms with Gasteiger partial charge in [-0.05, 0) is 30.7 Å². The molecule has 0 radical (unpaired) electrons. The molecule has 0 unspecified atom stereocenters. The van der Waals surface area contributed by atoms with Gasteiger partial charge in [0, 0.05) is 5.41 Å². The summed E-state index contributed by atoms with van der Waals surface area (Å²) < 4.78 is 12.8. The minimum atomic E-state index is -0.990. The summed E-state index contributed by atoms with van der Waals surface area (Å²) in [5.74, 6) is -1.28. The Morgan fingerprint density at radius 2 is 1.88 bits per heavy atom. The van der Waals surface area contributed by atoms with E-state index in [4.69, 9.17) is 5.11 Å². The lowest BCUT2D eigenvalue weighted by molar-refractivity contribution is -0.132. The van der Waals surface area contributed by atoms with Crippen LogP contribution in [0.5, 0.6) is 0 Å². The topological polar surface area (TPSA) is 37.3 Å². The van der Waals surface area contributed by atoms with Gasteiger partial charge in [0.2, 0.25) is 0 Å². The van der Waals surface area contributed by atoms with E-state index in [0.717, 1.165) is 5.56 Å². The first-order valence-electron chi connectivity index (χ1n) is 5.27. The van der Waals surface area contributed by atoms with Gasteiger partial charge in [0.05, 0.1) is 5.57 Å². The van der Waals surface area contributed by atoms with Crippen LogP contribution in [0.1, 0.15) is 26.3 Å². The maximum absolute atomic E-state index is 12.8. The molecular weight excluding hydrogens is 219 g/mol. The standard InChI is InChI=1S/C14H15FO2/c1-10(13(16)17)8-9-14(2,3)11-4-6-12(15)7-5-11/h4-7,9H,1-3H3,(H,16,17). The summed E-state index contributed by atoms with van der Waals surface area (Å²) in [6.07, 6.45) is 1.68. The molecule has 1 aromatic rings. The molecule has 0 aromatic heterocycles. The normalized spacial score (nSPS) is 10.6. The molecule has 17 heavy (non-hydrogen) atoms. The number of benzene rings is 1. The number of halogens is 1. The highest BCUT2D eigenvalue weighted by Crippen LogP contribution is 2.24. The number of hydrogen-bond acceptors (Lipinski definition) is 1. The Hall–Kier alpha value is -1.86. The van der Waals surface area contributed by atoms with Crippen molar-refractivity contribution in [2.24, 2.45) is 0 Å². The van der Waals surface area contributed by atoms with E-state index >= 15 is 0 Å². The van der Waals surface area contributed by atoms with Gasteiger partial charge < -0.3 is 5.11 Å². The number of carboxylic acids is 1. The first-order valence-corrected chi connectivity index (χ1v) is 5.27. The van der Waals surface area contributed by atoms with E-state index < -0.39 is 5.97 Å². The Kier molecular flexibility index (Phi) is 3.87. The Morgan fingerprint density at radius 3 is 2.35 bits per heavy atom. The molecule has 1 N–H and O–H groups in total. The number of carboxylic acid groups (broad SMARTS) is 1. The third-order valence-electron chi connectivity index (χ3n) is 2.56. The molecule has 0 atom stereocenters. The van der Waals surface area contributed by atoms with Crippen molar-refractivity contribution in [3.63, 3.8) is 0 Å². The fourth-order valence-corrected chi connectivity index (χ4v) is 1.31. The fourth-order valence-electron chi connectivity index (χ4n) is 1.31. The molecule has 0 fully saturated rings. The molecule has 1 aromatic carbocycles. The molecule has 90 valence electrons. The molecular formula is C14H15FO2. The van der Waals surface area contributed by atoms with E-state index in [1.807, 2.05) is 13.8 Å². The zero-order valence-electron chi connectivity index (χ0n) is 10.1. The Bertz CT molecular complexity index is 477. The third kappa shape index (κ3) is 3.58. The van der Waals surface area contributed by atoms with E-state index in [-0.39, 0.29) is 16.8 Å². The average molecular weight is 234 g/mol. The minimum Gasteiger partial charge on any atom is -0.477 e. The van der Waals surface area contributed by atoms with E-state index in [2.05, 4.69) is 5.73 Å². The Morgan fingerprint density at radius 1 is 1.35 bits per heavy atom. The van der Waals surface area contributed by atoms with E-state index in [0.29, 0.717) is 0 Å². The van der Waals surface area contributed by atoms with Crippen molar-refractivity contribution >= 4 is 5.97 Å². The second-order valence-corrected chi connectivity index (χ2v) is 4.45. The van der Waals surface area contributed by atoms with Gasteiger partial charge in [-0.15, -0.1) is 5.73 Å². The van der Waals surface area contributed by atoms with Gasteiger partial charge >= 0.3 is 5.97 Å². The van der Waals surface area contributed by atoms with Gasteiger partial charge in [-0.3, -0.25) is 0 Å². The summed E-state index contributed by atoms with van der Waals surface area (Å²) in [7, 11) is 0. The molecule has 0 saturated carbocycles. The summed E-state index contributed by atoms with van der Waals surface area (Å²) in [5, 5.41) is 8.72. The third-order valence-corrected chi connectivity index (χ3v) is 2.56. The Labute approximate surface area is 100 Å². The molecule has 0 aliphatic rings. The number of hydrogen-bond donors (Lipinski definition) is 1. The lowest BCUT2D eigenvalue weighted by Gasteiger charge is -2.19. The van der Waals surface area contributed by atoms with Crippen molar-refractivity contribution in [3.05, 3.63) is 53.0 Å². The molecule has 1 rings (SSSR count). The summed E-state index contributed by atoms with van der Waals surface area (Å²) >= 11 is 0. The van der Waals surface area contributed by atoms with Gasteiger partial charge in [-0.25, -0.2) is 9.18 Å². The fraction of sp³-hybridized carbons (Fsp3) is 0.286. The molecule has 0 aliphatic carbocycles. The predicted molar refractivity (Wildman–Crippen MR) is 64.3 cm³/mol. The molecule has 0 aliphatic heterocycles. The van der Waals surface area contributed by atoms with Gasteiger partial charge in [0.15, 0.2) is 0 Å². The highest BCUT2D eigenvalue weighted by Gasteiger charge is 2.16. The van der Waals surface area contributed by atoms with Crippen LogP contribution in [-0.4, -0.2) is 11.1 Å². The first kappa shape index (κ1) is 13.2. The van der Waals surface area contributed by atoms with Crippen LogP contribution < -0.4 is 0 Å². The zero-order valence-corrected chi connectivity index (χ0v) is 10.1. The smallest absolute Gasteiger partial charge is 0.339 e.